The van der Waals surface area contributed by atoms with Gasteiger partial charge >= 0.3 is 6.03 Å². The molecule has 1 heterocycles. The molecular formula is C17H24N2O2. The van der Waals surface area contributed by atoms with E-state index in [9.17, 15) is 4.79 Å². The van der Waals surface area contributed by atoms with Crippen molar-refractivity contribution in [1.29, 1.82) is 0 Å². The number of hydroxylamine groups is 2. The summed E-state index contributed by atoms with van der Waals surface area (Å²) in [4.78, 5) is 17.5. The van der Waals surface area contributed by atoms with Crippen molar-refractivity contribution in [3.63, 3.8) is 0 Å². The average Bonchev–Trinajstić information content (AvgIpc) is 3.03. The second-order valence-corrected chi connectivity index (χ2v) is 7.12. The summed E-state index contributed by atoms with van der Waals surface area (Å²) in [5, 5.41) is 4.33. The molecule has 114 valence electrons. The van der Waals surface area contributed by atoms with Crippen molar-refractivity contribution in [2.24, 2.45) is 0 Å². The Morgan fingerprint density at radius 1 is 1.24 bits per heavy atom. The number of urea groups is 1. The van der Waals surface area contributed by atoms with Gasteiger partial charge in [-0.3, -0.25) is 0 Å². The zero-order valence-corrected chi connectivity index (χ0v) is 13.1. The van der Waals surface area contributed by atoms with Crippen LogP contribution in [-0.4, -0.2) is 16.6 Å². The maximum absolute atomic E-state index is 12.0. The molecule has 2 fully saturated rings. The fourth-order valence-corrected chi connectivity index (χ4v) is 3.03. The Hall–Kier alpha value is -1.55. The first-order valence-corrected chi connectivity index (χ1v) is 7.82. The summed E-state index contributed by atoms with van der Waals surface area (Å²) < 4.78 is 0. The Bertz CT molecular complexity index is 530. The molecule has 1 saturated heterocycles. The molecule has 1 aromatic rings. The third kappa shape index (κ3) is 3.38. The summed E-state index contributed by atoms with van der Waals surface area (Å²) in [5.41, 5.74) is 2.21. The van der Waals surface area contributed by atoms with E-state index in [1.54, 1.807) is 0 Å². The predicted octanol–water partition coefficient (Wildman–Crippen LogP) is 4.10. The van der Waals surface area contributed by atoms with Gasteiger partial charge in [0.25, 0.3) is 0 Å². The van der Waals surface area contributed by atoms with Gasteiger partial charge in [-0.15, -0.1) is 0 Å². The molecule has 1 aliphatic heterocycles. The lowest BCUT2D eigenvalue weighted by atomic mass is 9.96. The molecule has 2 aliphatic rings. The van der Waals surface area contributed by atoms with Crippen LogP contribution < -0.4 is 5.32 Å². The van der Waals surface area contributed by atoms with E-state index in [2.05, 4.69) is 23.5 Å². The smallest absolute Gasteiger partial charge is 0.332 e. The van der Waals surface area contributed by atoms with Gasteiger partial charge in [0.05, 0.1) is 0 Å². The lowest BCUT2D eigenvalue weighted by Gasteiger charge is -2.19. The Morgan fingerprint density at radius 3 is 2.57 bits per heavy atom. The number of carbonyl (C=O) groups excluding carboxylic acids is 1. The van der Waals surface area contributed by atoms with Crippen LogP contribution >= 0.6 is 0 Å². The summed E-state index contributed by atoms with van der Waals surface area (Å²) in [6, 6.07) is 8.34. The van der Waals surface area contributed by atoms with Gasteiger partial charge in [-0.25, -0.2) is 9.63 Å². The van der Waals surface area contributed by atoms with Crippen molar-refractivity contribution in [1.82, 2.24) is 10.4 Å². The fraction of sp³-hybridized carbons (Fsp3) is 0.588. The van der Waals surface area contributed by atoms with Gasteiger partial charge in [-0.05, 0) is 45.1 Å². The van der Waals surface area contributed by atoms with E-state index >= 15 is 0 Å². The Balaban J connectivity index is 1.66. The van der Waals surface area contributed by atoms with Crippen LogP contribution in [0.4, 0.5) is 4.79 Å². The highest BCUT2D eigenvalue weighted by Gasteiger charge is 2.43. The van der Waals surface area contributed by atoms with Crippen LogP contribution in [-0.2, 0) is 4.84 Å². The van der Waals surface area contributed by atoms with Crippen molar-refractivity contribution in [2.75, 3.05) is 0 Å². The van der Waals surface area contributed by atoms with Crippen molar-refractivity contribution >= 4 is 6.03 Å². The van der Waals surface area contributed by atoms with E-state index in [1.165, 1.54) is 36.3 Å². The van der Waals surface area contributed by atoms with Crippen molar-refractivity contribution in [3.8, 4) is 0 Å². The highest BCUT2D eigenvalue weighted by Crippen LogP contribution is 2.40. The summed E-state index contributed by atoms with van der Waals surface area (Å²) in [5.74, 6) is 0.681. The van der Waals surface area contributed by atoms with Gasteiger partial charge in [0.15, 0.2) is 0 Å². The van der Waals surface area contributed by atoms with Crippen LogP contribution in [0.15, 0.2) is 24.3 Å². The fourth-order valence-electron chi connectivity index (χ4n) is 3.03. The van der Waals surface area contributed by atoms with E-state index in [0.717, 1.165) is 5.56 Å². The number of benzene rings is 1. The minimum Gasteiger partial charge on any atom is -0.332 e. The normalized spacial score (nSPS) is 22.4. The zero-order chi connectivity index (χ0) is 15.0. The number of carbonyl (C=O) groups is 1. The van der Waals surface area contributed by atoms with Crippen LogP contribution in [0.3, 0.4) is 0 Å². The Morgan fingerprint density at radius 2 is 1.90 bits per heavy atom. The molecule has 0 radical (unpaired) electrons. The molecular weight excluding hydrogens is 264 g/mol. The molecule has 1 unspecified atom stereocenters. The summed E-state index contributed by atoms with van der Waals surface area (Å²) >= 11 is 0. The number of nitrogens with one attached hydrogen (secondary N) is 1. The third-order valence-corrected chi connectivity index (χ3v) is 4.09. The van der Waals surface area contributed by atoms with Gasteiger partial charge < -0.3 is 5.32 Å². The molecule has 1 aliphatic carbocycles. The SMILES string of the molecule is CC(C)(C)NC(=O)N1OC1c1cccc(C2CCCC2)c1. The molecule has 4 nitrogen and oxygen atoms in total. The summed E-state index contributed by atoms with van der Waals surface area (Å²) in [7, 11) is 0. The zero-order valence-electron chi connectivity index (χ0n) is 13.1. The van der Waals surface area contributed by atoms with Gasteiger partial charge in [-0.1, -0.05) is 37.1 Å². The first-order chi connectivity index (χ1) is 9.94. The second kappa shape index (κ2) is 5.34. The van der Waals surface area contributed by atoms with Gasteiger partial charge in [0.1, 0.15) is 0 Å². The number of nitrogens with zero attached hydrogens (tertiary/aromatic N) is 1. The summed E-state index contributed by atoms with van der Waals surface area (Å²) in [6.07, 6.45) is 4.99. The lowest BCUT2D eigenvalue weighted by molar-refractivity contribution is 0.169. The molecule has 1 saturated carbocycles. The van der Waals surface area contributed by atoms with E-state index in [0.29, 0.717) is 5.92 Å². The molecule has 2 amide bonds. The van der Waals surface area contributed by atoms with E-state index in [1.807, 2.05) is 26.8 Å². The maximum Gasteiger partial charge on any atom is 0.344 e. The van der Waals surface area contributed by atoms with Crippen LogP contribution in [0.5, 0.6) is 0 Å². The highest BCUT2D eigenvalue weighted by atomic mass is 16.8. The van der Waals surface area contributed by atoms with E-state index < -0.39 is 0 Å². The van der Waals surface area contributed by atoms with Crippen molar-refractivity contribution in [2.45, 2.75) is 64.1 Å². The molecule has 1 aromatic carbocycles. The number of amides is 2. The molecule has 0 bridgehead atoms. The quantitative estimate of drug-likeness (QED) is 0.833. The standard InChI is InChI=1S/C17H24N2O2/c1-17(2,3)18-16(20)19-15(21-19)14-10-6-9-13(11-14)12-7-4-5-8-12/h6,9-12,15H,4-5,7-8H2,1-3H3,(H,18,20). The van der Waals surface area contributed by atoms with Gasteiger partial charge in [-0.2, -0.15) is 5.06 Å². The Labute approximate surface area is 126 Å². The van der Waals surface area contributed by atoms with Crippen molar-refractivity contribution in [3.05, 3.63) is 35.4 Å². The first kappa shape index (κ1) is 14.4. The number of hydrogen-bond acceptors (Lipinski definition) is 2. The van der Waals surface area contributed by atoms with Crippen LogP contribution in [0.2, 0.25) is 0 Å². The second-order valence-electron chi connectivity index (χ2n) is 7.12. The molecule has 1 atom stereocenters. The molecule has 4 heteroatoms. The van der Waals surface area contributed by atoms with Crippen LogP contribution in [0.1, 0.15) is 69.7 Å². The van der Waals surface area contributed by atoms with Gasteiger partial charge in [0, 0.05) is 11.1 Å². The Kier molecular flexibility index (Phi) is 3.66. The molecule has 0 aromatic heterocycles. The summed E-state index contributed by atoms with van der Waals surface area (Å²) in [6.45, 7) is 5.89. The lowest BCUT2D eigenvalue weighted by Crippen LogP contribution is -2.43. The minimum absolute atomic E-state index is 0.168. The topological polar surface area (TPSA) is 44.6 Å². The minimum atomic E-state index is -0.251. The van der Waals surface area contributed by atoms with Crippen LogP contribution in [0.25, 0.3) is 0 Å². The molecule has 3 rings (SSSR count). The first-order valence-electron chi connectivity index (χ1n) is 7.82. The maximum atomic E-state index is 12.0. The highest BCUT2D eigenvalue weighted by molar-refractivity contribution is 5.75. The molecule has 0 spiro atoms. The third-order valence-electron chi connectivity index (χ3n) is 4.09. The number of rotatable bonds is 2. The van der Waals surface area contributed by atoms with Crippen molar-refractivity contribution < 1.29 is 9.63 Å². The average molecular weight is 288 g/mol. The predicted molar refractivity (Wildman–Crippen MR) is 81.6 cm³/mol. The molecule has 1 N–H and O–H groups in total. The largest absolute Gasteiger partial charge is 0.344 e. The van der Waals surface area contributed by atoms with Gasteiger partial charge in [0.2, 0.25) is 6.23 Å². The van der Waals surface area contributed by atoms with E-state index in [4.69, 9.17) is 4.84 Å². The van der Waals surface area contributed by atoms with E-state index in [-0.39, 0.29) is 17.8 Å². The molecule has 21 heavy (non-hydrogen) atoms. The number of hydrogen-bond donors (Lipinski definition) is 1. The van der Waals surface area contributed by atoms with Crippen LogP contribution in [0, 0.1) is 0 Å². The monoisotopic (exact) mass is 288 g/mol.